The standard InChI is InChI=1S/C24H20N8O4/c1-26-17-5-2-13(10-25)8-18(17)27-22(34)19-12-32(30-29-19)15-3-4-16-14(9-15)11-31(24(16)36)20-6-7-21(33)28-23(20)35/h2-5,8-9,12,20,26H,6-7,11H2,1H3,(H,27,34)(H,28,33,35). The number of carbonyl (C=O) groups is 4. The number of piperidine rings is 1. The summed E-state index contributed by atoms with van der Waals surface area (Å²) >= 11 is 0. The number of aromatic nitrogens is 3. The molecule has 0 spiro atoms. The molecule has 2 aromatic carbocycles. The molecule has 5 rings (SSSR count). The molecular weight excluding hydrogens is 464 g/mol. The van der Waals surface area contributed by atoms with Crippen molar-refractivity contribution in [3.63, 3.8) is 0 Å². The number of fused-ring (bicyclic) bond motifs is 1. The molecule has 1 unspecified atom stereocenters. The number of rotatable bonds is 5. The van der Waals surface area contributed by atoms with Gasteiger partial charge in [0.15, 0.2) is 5.69 Å². The van der Waals surface area contributed by atoms with E-state index in [-0.39, 0.29) is 36.9 Å². The van der Waals surface area contributed by atoms with Crippen molar-refractivity contribution in [2.45, 2.75) is 25.4 Å². The lowest BCUT2D eigenvalue weighted by Gasteiger charge is -2.29. The van der Waals surface area contributed by atoms with E-state index in [2.05, 4.69) is 26.3 Å². The lowest BCUT2D eigenvalue weighted by atomic mass is 10.0. The Balaban J connectivity index is 1.34. The number of nitrogens with one attached hydrogen (secondary N) is 3. The third-order valence-corrected chi connectivity index (χ3v) is 6.16. The van der Waals surface area contributed by atoms with Crippen LogP contribution in [0.3, 0.4) is 0 Å². The Morgan fingerprint density at radius 3 is 2.75 bits per heavy atom. The fourth-order valence-electron chi connectivity index (χ4n) is 4.32. The molecular formula is C24H20N8O4. The molecule has 3 aromatic rings. The summed E-state index contributed by atoms with van der Waals surface area (Å²) in [4.78, 5) is 50.8. The number of nitriles is 1. The van der Waals surface area contributed by atoms with Crippen molar-refractivity contribution in [3.8, 4) is 11.8 Å². The van der Waals surface area contributed by atoms with Crippen LogP contribution in [0.2, 0.25) is 0 Å². The minimum atomic E-state index is -0.699. The minimum absolute atomic E-state index is 0.0566. The Kier molecular flexibility index (Phi) is 5.65. The molecule has 180 valence electrons. The van der Waals surface area contributed by atoms with Crippen molar-refractivity contribution in [1.29, 1.82) is 5.26 Å². The first-order valence-corrected chi connectivity index (χ1v) is 11.1. The van der Waals surface area contributed by atoms with Gasteiger partial charge in [0.2, 0.25) is 11.8 Å². The van der Waals surface area contributed by atoms with Gasteiger partial charge in [-0.1, -0.05) is 5.21 Å². The number of carbonyl (C=O) groups excluding carboxylic acids is 4. The Morgan fingerprint density at radius 1 is 1.17 bits per heavy atom. The summed E-state index contributed by atoms with van der Waals surface area (Å²) in [7, 11) is 1.70. The van der Waals surface area contributed by atoms with Crippen LogP contribution in [0.25, 0.3) is 5.69 Å². The molecule has 12 heteroatoms. The highest BCUT2D eigenvalue weighted by molar-refractivity contribution is 6.06. The maximum Gasteiger partial charge on any atom is 0.277 e. The van der Waals surface area contributed by atoms with Crippen LogP contribution in [0.1, 0.15) is 44.8 Å². The van der Waals surface area contributed by atoms with E-state index in [1.54, 1.807) is 43.4 Å². The van der Waals surface area contributed by atoms with Gasteiger partial charge < -0.3 is 15.5 Å². The third-order valence-electron chi connectivity index (χ3n) is 6.16. The van der Waals surface area contributed by atoms with E-state index in [9.17, 15) is 19.2 Å². The molecule has 12 nitrogen and oxygen atoms in total. The molecule has 0 saturated carbocycles. The van der Waals surface area contributed by atoms with Gasteiger partial charge >= 0.3 is 0 Å². The van der Waals surface area contributed by atoms with Crippen LogP contribution >= 0.6 is 0 Å². The van der Waals surface area contributed by atoms with Crippen molar-refractivity contribution >= 4 is 35.0 Å². The molecule has 2 aliphatic rings. The molecule has 0 aliphatic carbocycles. The Bertz CT molecular complexity index is 1470. The fraction of sp³-hybridized carbons (Fsp3) is 0.208. The van der Waals surface area contributed by atoms with E-state index in [1.165, 1.54) is 15.8 Å². The number of imide groups is 1. The van der Waals surface area contributed by atoms with Crippen LogP contribution in [0.4, 0.5) is 11.4 Å². The Morgan fingerprint density at radius 2 is 2.00 bits per heavy atom. The topological polar surface area (TPSA) is 162 Å². The molecule has 3 heterocycles. The van der Waals surface area contributed by atoms with Crippen molar-refractivity contribution < 1.29 is 19.2 Å². The van der Waals surface area contributed by atoms with E-state index in [4.69, 9.17) is 5.26 Å². The van der Waals surface area contributed by atoms with Gasteiger partial charge in [-0.05, 0) is 48.4 Å². The average molecular weight is 484 g/mol. The largest absolute Gasteiger partial charge is 0.386 e. The number of hydrogen-bond donors (Lipinski definition) is 3. The second-order valence-electron chi connectivity index (χ2n) is 8.37. The van der Waals surface area contributed by atoms with Crippen molar-refractivity contribution in [2.75, 3.05) is 17.7 Å². The van der Waals surface area contributed by atoms with Crippen LogP contribution in [0.5, 0.6) is 0 Å². The number of anilines is 2. The van der Waals surface area contributed by atoms with Gasteiger partial charge in [0.05, 0.1) is 34.9 Å². The second-order valence-corrected chi connectivity index (χ2v) is 8.37. The molecule has 2 aliphatic heterocycles. The van der Waals surface area contributed by atoms with Gasteiger partial charge in [-0.15, -0.1) is 5.10 Å². The molecule has 4 amide bonds. The molecule has 3 N–H and O–H groups in total. The Hall–Kier alpha value is -5.05. The fourth-order valence-corrected chi connectivity index (χ4v) is 4.32. The monoisotopic (exact) mass is 484 g/mol. The third kappa shape index (κ3) is 4.03. The summed E-state index contributed by atoms with van der Waals surface area (Å²) in [6.45, 7) is 0.221. The first kappa shape index (κ1) is 22.7. The SMILES string of the molecule is CNc1ccc(C#N)cc1NC(=O)c1cn(-c2ccc3c(c2)CN(C2CCC(=O)NC2=O)C3=O)nn1. The molecule has 0 bridgehead atoms. The highest BCUT2D eigenvalue weighted by Crippen LogP contribution is 2.29. The van der Waals surface area contributed by atoms with Crippen LogP contribution in [-0.4, -0.2) is 56.6 Å². The summed E-state index contributed by atoms with van der Waals surface area (Å²) in [5, 5.41) is 25.1. The van der Waals surface area contributed by atoms with Crippen molar-refractivity contribution in [3.05, 3.63) is 65.0 Å². The lowest BCUT2D eigenvalue weighted by Crippen LogP contribution is -2.52. The van der Waals surface area contributed by atoms with Crippen LogP contribution in [0.15, 0.2) is 42.6 Å². The summed E-state index contributed by atoms with van der Waals surface area (Å²) in [5.41, 5.74) is 3.28. The lowest BCUT2D eigenvalue weighted by molar-refractivity contribution is -0.136. The van der Waals surface area contributed by atoms with Crippen LogP contribution in [-0.2, 0) is 16.1 Å². The summed E-state index contributed by atoms with van der Waals surface area (Å²) in [5.74, 6) is -1.59. The van der Waals surface area contributed by atoms with E-state index in [1.807, 2.05) is 6.07 Å². The van der Waals surface area contributed by atoms with E-state index >= 15 is 0 Å². The predicted molar refractivity (Wildman–Crippen MR) is 126 cm³/mol. The van der Waals surface area contributed by atoms with Crippen molar-refractivity contribution in [2.24, 2.45) is 0 Å². The first-order valence-electron chi connectivity index (χ1n) is 11.1. The van der Waals surface area contributed by atoms with E-state index in [0.29, 0.717) is 33.8 Å². The highest BCUT2D eigenvalue weighted by atomic mass is 16.2. The molecule has 1 atom stereocenters. The number of amides is 4. The van der Waals surface area contributed by atoms with Gasteiger partial charge in [-0.3, -0.25) is 24.5 Å². The number of benzene rings is 2. The number of hydrogen-bond acceptors (Lipinski definition) is 8. The minimum Gasteiger partial charge on any atom is -0.386 e. The molecule has 36 heavy (non-hydrogen) atoms. The summed E-state index contributed by atoms with van der Waals surface area (Å²) in [6, 6.07) is 11.3. The molecule has 1 aromatic heterocycles. The van der Waals surface area contributed by atoms with Crippen LogP contribution in [0, 0.1) is 11.3 Å². The Labute approximate surface area is 204 Å². The maximum atomic E-state index is 12.9. The zero-order valence-corrected chi connectivity index (χ0v) is 19.1. The van der Waals surface area contributed by atoms with E-state index < -0.39 is 17.9 Å². The second kappa shape index (κ2) is 8.95. The smallest absolute Gasteiger partial charge is 0.277 e. The van der Waals surface area contributed by atoms with Gasteiger partial charge in [0.25, 0.3) is 11.8 Å². The first-order chi connectivity index (χ1) is 17.4. The van der Waals surface area contributed by atoms with Gasteiger partial charge in [0.1, 0.15) is 6.04 Å². The molecule has 1 saturated heterocycles. The summed E-state index contributed by atoms with van der Waals surface area (Å²) in [6.07, 6.45) is 1.92. The zero-order chi connectivity index (χ0) is 25.4. The molecule has 0 radical (unpaired) electrons. The average Bonchev–Trinajstić information content (AvgIpc) is 3.49. The maximum absolute atomic E-state index is 12.9. The van der Waals surface area contributed by atoms with E-state index in [0.717, 1.165) is 0 Å². The zero-order valence-electron chi connectivity index (χ0n) is 19.1. The van der Waals surface area contributed by atoms with Crippen molar-refractivity contribution in [1.82, 2.24) is 25.2 Å². The normalized spacial score (nSPS) is 16.8. The van der Waals surface area contributed by atoms with Gasteiger partial charge in [-0.2, -0.15) is 5.26 Å². The quantitative estimate of drug-likeness (QED) is 0.455. The van der Waals surface area contributed by atoms with Gasteiger partial charge in [0, 0.05) is 25.6 Å². The summed E-state index contributed by atoms with van der Waals surface area (Å²) < 4.78 is 1.42. The van der Waals surface area contributed by atoms with Gasteiger partial charge in [-0.25, -0.2) is 4.68 Å². The highest BCUT2D eigenvalue weighted by Gasteiger charge is 2.39. The number of nitrogens with zero attached hydrogens (tertiary/aromatic N) is 5. The predicted octanol–water partition coefficient (Wildman–Crippen LogP) is 1.19. The molecule has 1 fully saturated rings. The van der Waals surface area contributed by atoms with Crippen LogP contribution < -0.4 is 16.0 Å².